The standard InChI is InChI=1S/C11H10Cl4IN3OS/c12-5-8(20)18-9(11(13,14)15)19-10(21)17-7-4-2-1-3-6(7)16/h1-4,9H,5H2,(H,18,20)(H2,17,19,21). The van der Waals surface area contributed by atoms with E-state index in [1.165, 1.54) is 0 Å². The van der Waals surface area contributed by atoms with Crippen LogP contribution in [-0.4, -0.2) is 26.9 Å². The minimum absolute atomic E-state index is 0.199. The van der Waals surface area contributed by atoms with Crippen LogP contribution in [0.15, 0.2) is 24.3 Å². The number of alkyl halides is 4. The van der Waals surface area contributed by atoms with Gasteiger partial charge in [0, 0.05) is 3.57 Å². The SMILES string of the molecule is O=C(CCl)NC(NC(=S)Nc1ccccc1I)C(Cl)(Cl)Cl. The molecule has 116 valence electrons. The second kappa shape index (κ2) is 8.79. The maximum atomic E-state index is 11.3. The lowest BCUT2D eigenvalue weighted by Crippen LogP contribution is -2.56. The number of hydrogen-bond donors (Lipinski definition) is 3. The lowest BCUT2D eigenvalue weighted by Gasteiger charge is -2.27. The summed E-state index contributed by atoms with van der Waals surface area (Å²) < 4.78 is -0.827. The van der Waals surface area contributed by atoms with Crippen molar-refractivity contribution in [2.45, 2.75) is 9.96 Å². The molecule has 1 unspecified atom stereocenters. The van der Waals surface area contributed by atoms with Gasteiger partial charge in [0.05, 0.1) is 5.69 Å². The van der Waals surface area contributed by atoms with Crippen molar-refractivity contribution < 1.29 is 4.79 Å². The molecule has 4 nitrogen and oxygen atoms in total. The molecule has 0 saturated carbocycles. The van der Waals surface area contributed by atoms with E-state index in [-0.39, 0.29) is 11.0 Å². The van der Waals surface area contributed by atoms with Crippen molar-refractivity contribution in [3.8, 4) is 0 Å². The zero-order valence-corrected chi connectivity index (χ0v) is 16.3. The van der Waals surface area contributed by atoms with Gasteiger partial charge >= 0.3 is 0 Å². The van der Waals surface area contributed by atoms with Gasteiger partial charge in [-0.2, -0.15) is 0 Å². The summed E-state index contributed by atoms with van der Waals surface area (Å²) in [4.78, 5) is 11.3. The lowest BCUT2D eigenvalue weighted by atomic mass is 10.3. The van der Waals surface area contributed by atoms with Gasteiger partial charge in [-0.1, -0.05) is 46.9 Å². The molecule has 1 aromatic carbocycles. The monoisotopic (exact) mass is 499 g/mol. The van der Waals surface area contributed by atoms with Crippen LogP contribution in [0.1, 0.15) is 0 Å². The Bertz CT molecular complexity index is 526. The van der Waals surface area contributed by atoms with Crippen LogP contribution in [0, 0.1) is 3.57 Å². The van der Waals surface area contributed by atoms with Crippen LogP contribution in [0.4, 0.5) is 5.69 Å². The summed E-state index contributed by atoms with van der Waals surface area (Å²) in [7, 11) is 0. The number of hydrogen-bond acceptors (Lipinski definition) is 2. The van der Waals surface area contributed by atoms with E-state index in [1.54, 1.807) is 0 Å². The summed E-state index contributed by atoms with van der Waals surface area (Å²) in [6.45, 7) is 0. The fourth-order valence-corrected chi connectivity index (χ4v) is 2.41. The summed E-state index contributed by atoms with van der Waals surface area (Å²) in [5.74, 6) is -0.743. The molecule has 10 heteroatoms. The topological polar surface area (TPSA) is 53.2 Å². The Kier molecular flexibility index (Phi) is 8.08. The molecule has 1 rings (SSSR count). The molecular weight excluding hydrogens is 491 g/mol. The normalized spacial score (nSPS) is 12.4. The lowest BCUT2D eigenvalue weighted by molar-refractivity contribution is -0.119. The average molecular weight is 501 g/mol. The van der Waals surface area contributed by atoms with Crippen LogP contribution >= 0.6 is 81.2 Å². The van der Waals surface area contributed by atoms with Gasteiger partial charge in [0.15, 0.2) is 5.11 Å². The quantitative estimate of drug-likeness (QED) is 0.256. The molecule has 0 aromatic heterocycles. The summed E-state index contributed by atoms with van der Waals surface area (Å²) in [6, 6.07) is 7.51. The van der Waals surface area contributed by atoms with Gasteiger partial charge in [-0.3, -0.25) is 4.79 Å². The second-order valence-electron chi connectivity index (χ2n) is 3.75. The number of thiocarbonyl (C=S) groups is 1. The van der Waals surface area contributed by atoms with Crippen molar-refractivity contribution >= 4 is 97.9 Å². The van der Waals surface area contributed by atoms with E-state index in [0.29, 0.717) is 0 Å². The first-order chi connectivity index (χ1) is 9.74. The van der Waals surface area contributed by atoms with E-state index in [2.05, 4.69) is 38.5 Å². The molecule has 0 bridgehead atoms. The zero-order chi connectivity index (χ0) is 16.0. The maximum Gasteiger partial charge on any atom is 0.236 e. The van der Waals surface area contributed by atoms with E-state index in [4.69, 9.17) is 58.6 Å². The van der Waals surface area contributed by atoms with Gasteiger partial charge < -0.3 is 16.0 Å². The van der Waals surface area contributed by atoms with Crippen molar-refractivity contribution in [2.75, 3.05) is 11.2 Å². The molecule has 0 radical (unpaired) electrons. The molecule has 1 aromatic rings. The summed E-state index contributed by atoms with van der Waals surface area (Å²) >= 11 is 30.1. The Balaban J connectivity index is 2.73. The minimum atomic E-state index is -1.79. The predicted molar refractivity (Wildman–Crippen MR) is 101 cm³/mol. The number of carbonyl (C=O) groups excluding carboxylic acids is 1. The van der Waals surface area contributed by atoms with Crippen molar-refractivity contribution in [1.82, 2.24) is 10.6 Å². The number of carbonyl (C=O) groups is 1. The molecule has 0 saturated heterocycles. The first-order valence-corrected chi connectivity index (χ1v) is 8.63. The third-order valence-electron chi connectivity index (χ3n) is 2.15. The van der Waals surface area contributed by atoms with Crippen LogP contribution in [-0.2, 0) is 4.79 Å². The average Bonchev–Trinajstić information content (AvgIpc) is 2.39. The molecule has 21 heavy (non-hydrogen) atoms. The number of benzene rings is 1. The first-order valence-electron chi connectivity index (χ1n) is 5.48. The van der Waals surface area contributed by atoms with Crippen molar-refractivity contribution in [3.05, 3.63) is 27.8 Å². The van der Waals surface area contributed by atoms with E-state index in [0.717, 1.165) is 9.26 Å². The summed E-state index contributed by atoms with van der Waals surface area (Å²) in [5, 5.41) is 8.32. The predicted octanol–water partition coefficient (Wildman–Crippen LogP) is 3.63. The Morgan fingerprint density at radius 1 is 1.29 bits per heavy atom. The number of nitrogens with one attached hydrogen (secondary N) is 3. The maximum absolute atomic E-state index is 11.3. The van der Waals surface area contributed by atoms with Gasteiger partial charge in [-0.15, -0.1) is 11.6 Å². The number of amides is 1. The number of anilines is 1. The van der Waals surface area contributed by atoms with Gasteiger partial charge in [0.25, 0.3) is 0 Å². The Morgan fingerprint density at radius 3 is 2.43 bits per heavy atom. The van der Waals surface area contributed by atoms with E-state index in [9.17, 15) is 4.79 Å². The Morgan fingerprint density at radius 2 is 1.90 bits per heavy atom. The number of rotatable bonds is 4. The fourth-order valence-electron chi connectivity index (χ4n) is 1.25. The van der Waals surface area contributed by atoms with Crippen LogP contribution in [0.3, 0.4) is 0 Å². The Labute approximate surface area is 161 Å². The van der Waals surface area contributed by atoms with Gasteiger partial charge in [-0.25, -0.2) is 0 Å². The Hall–Kier alpha value is 0.270. The largest absolute Gasteiger partial charge is 0.339 e. The highest BCUT2D eigenvalue weighted by molar-refractivity contribution is 14.1. The van der Waals surface area contributed by atoms with Crippen LogP contribution in [0.2, 0.25) is 0 Å². The van der Waals surface area contributed by atoms with Gasteiger partial charge in [0.1, 0.15) is 12.0 Å². The van der Waals surface area contributed by atoms with Crippen LogP contribution < -0.4 is 16.0 Å². The third-order valence-corrected chi connectivity index (χ3v) is 4.21. The number of halogens is 5. The molecule has 0 spiro atoms. The second-order valence-corrected chi connectivity index (χ2v) is 7.96. The third kappa shape index (κ3) is 6.92. The highest BCUT2D eigenvalue weighted by Crippen LogP contribution is 2.29. The van der Waals surface area contributed by atoms with E-state index < -0.39 is 15.9 Å². The highest BCUT2D eigenvalue weighted by atomic mass is 127. The fraction of sp³-hybridized carbons (Fsp3) is 0.273. The van der Waals surface area contributed by atoms with E-state index >= 15 is 0 Å². The van der Waals surface area contributed by atoms with Crippen LogP contribution in [0.25, 0.3) is 0 Å². The molecule has 1 atom stereocenters. The van der Waals surface area contributed by atoms with Crippen molar-refractivity contribution in [1.29, 1.82) is 0 Å². The molecule has 0 aliphatic carbocycles. The van der Waals surface area contributed by atoms with Crippen molar-refractivity contribution in [2.24, 2.45) is 0 Å². The molecule has 3 N–H and O–H groups in total. The number of para-hydroxylation sites is 1. The highest BCUT2D eigenvalue weighted by Gasteiger charge is 2.34. The molecule has 1 amide bonds. The molecule has 0 aliphatic rings. The smallest absolute Gasteiger partial charge is 0.236 e. The van der Waals surface area contributed by atoms with Gasteiger partial charge in [0.2, 0.25) is 9.70 Å². The molecule has 0 heterocycles. The first kappa shape index (κ1) is 19.3. The van der Waals surface area contributed by atoms with Crippen LogP contribution in [0.5, 0.6) is 0 Å². The van der Waals surface area contributed by atoms with Crippen molar-refractivity contribution in [3.63, 3.8) is 0 Å². The molecule has 0 fully saturated rings. The summed E-state index contributed by atoms with van der Waals surface area (Å²) in [6.07, 6.45) is -1.02. The summed E-state index contributed by atoms with van der Waals surface area (Å²) in [5.41, 5.74) is 0.794. The molecular formula is C11H10Cl4IN3OS. The minimum Gasteiger partial charge on any atom is -0.339 e. The van der Waals surface area contributed by atoms with E-state index in [1.807, 2.05) is 24.3 Å². The molecule has 0 aliphatic heterocycles. The van der Waals surface area contributed by atoms with Gasteiger partial charge in [-0.05, 0) is 46.9 Å². The zero-order valence-electron chi connectivity index (χ0n) is 10.3.